The summed E-state index contributed by atoms with van der Waals surface area (Å²) in [5.41, 5.74) is 20.2. The number of benzene rings is 11. The summed E-state index contributed by atoms with van der Waals surface area (Å²) in [4.78, 5) is 2.36. The number of para-hydroxylation sites is 2. The Morgan fingerprint density at radius 2 is 0.606 bits per heavy atom. The van der Waals surface area contributed by atoms with E-state index >= 15 is 0 Å². The smallest absolute Gasteiger partial charge is 0.137 e. The van der Waals surface area contributed by atoms with E-state index in [1.807, 2.05) is 24.3 Å². The Morgan fingerprint density at radius 1 is 0.239 bits per heavy atom. The maximum atomic E-state index is 6.58. The van der Waals surface area contributed by atoms with Crippen LogP contribution in [-0.4, -0.2) is 0 Å². The van der Waals surface area contributed by atoms with Crippen LogP contribution in [0.15, 0.2) is 270 Å². The van der Waals surface area contributed by atoms with Gasteiger partial charge in [-0.25, -0.2) is 0 Å². The second-order valence-electron chi connectivity index (χ2n) is 19.1. The van der Waals surface area contributed by atoms with Crippen molar-refractivity contribution in [3.63, 3.8) is 0 Å². The van der Waals surface area contributed by atoms with Crippen LogP contribution in [0.3, 0.4) is 0 Å². The molecule has 13 aromatic rings. The lowest BCUT2D eigenvalue weighted by molar-refractivity contribution is 0.669. The Bertz CT molecular complexity index is 4040. The number of hydrogen-bond donors (Lipinski definition) is 0. The molecular weight excluding hydrogens is 863 g/mol. The van der Waals surface area contributed by atoms with E-state index in [2.05, 4.69) is 241 Å². The minimum atomic E-state index is -0.610. The van der Waals surface area contributed by atoms with Gasteiger partial charge in [0.2, 0.25) is 0 Å². The Kier molecular flexibility index (Phi) is 8.49. The van der Waals surface area contributed by atoms with Crippen LogP contribution < -0.4 is 4.90 Å². The molecule has 0 aliphatic heterocycles. The molecule has 71 heavy (non-hydrogen) atoms. The molecule has 2 aromatic heterocycles. The van der Waals surface area contributed by atoms with Crippen LogP contribution in [-0.2, 0) is 10.8 Å². The van der Waals surface area contributed by atoms with Crippen molar-refractivity contribution in [1.82, 2.24) is 0 Å². The average molecular weight is 906 g/mol. The number of nitrogens with zero attached hydrogens (tertiary/aromatic N) is 1. The molecule has 332 valence electrons. The second kappa shape index (κ2) is 15.2. The third kappa shape index (κ3) is 5.54. The molecule has 0 spiro atoms. The lowest BCUT2D eigenvalue weighted by atomic mass is 9.65. The molecule has 0 unspecified atom stereocenters. The molecule has 0 fully saturated rings. The third-order valence-corrected chi connectivity index (χ3v) is 15.6. The second-order valence-corrected chi connectivity index (χ2v) is 19.1. The molecule has 15 rings (SSSR count). The molecular formula is C68H43NO2. The molecule has 0 bridgehead atoms. The maximum Gasteiger partial charge on any atom is 0.137 e. The number of fused-ring (bicyclic) bond motifs is 12. The van der Waals surface area contributed by atoms with Crippen LogP contribution in [0, 0.1) is 0 Å². The molecule has 11 aromatic carbocycles. The quantitative estimate of drug-likeness (QED) is 0.160. The average Bonchev–Trinajstić information content (AvgIpc) is 4.17. The highest BCUT2D eigenvalue weighted by molar-refractivity contribution is 6.08. The summed E-state index contributed by atoms with van der Waals surface area (Å²) in [6, 6.07) is 95.7. The normalized spacial score (nSPS) is 13.9. The zero-order valence-electron chi connectivity index (χ0n) is 38.6. The van der Waals surface area contributed by atoms with Gasteiger partial charge in [-0.1, -0.05) is 194 Å². The summed E-state index contributed by atoms with van der Waals surface area (Å²) < 4.78 is 13.2. The van der Waals surface area contributed by atoms with Gasteiger partial charge in [0.1, 0.15) is 22.3 Å². The lowest BCUT2D eigenvalue weighted by Gasteiger charge is -2.36. The van der Waals surface area contributed by atoms with Crippen LogP contribution in [0.2, 0.25) is 0 Å². The predicted octanol–water partition coefficient (Wildman–Crippen LogP) is 17.7. The Balaban J connectivity index is 1.02. The van der Waals surface area contributed by atoms with Crippen LogP contribution in [0.1, 0.15) is 44.5 Å². The molecule has 0 saturated carbocycles. The van der Waals surface area contributed by atoms with Gasteiger partial charge in [-0.05, 0) is 121 Å². The fourth-order valence-corrected chi connectivity index (χ4v) is 12.7. The number of hydrogen-bond acceptors (Lipinski definition) is 3. The molecule has 3 nitrogen and oxygen atoms in total. The standard InChI is InChI=1S/C68H43NO2/c1-4-18-44(19-5-1)67(45-20-6-2-7-21-45)61-38-32-47(68(46-22-8-3-9-23-46)59-28-14-10-24-51(59)52-25-11-15-29-60(52)68)40-57(61)58-41-48(35-39-62(58)67)69(49-33-36-55-53-26-12-16-30-63(53)70-65(55)42-49)50-34-37-56-54-27-13-17-31-64(54)71-66(56)43-50/h1-43H. The van der Waals surface area contributed by atoms with E-state index in [1.165, 1.54) is 66.8 Å². The van der Waals surface area contributed by atoms with E-state index in [4.69, 9.17) is 8.83 Å². The van der Waals surface area contributed by atoms with Crippen molar-refractivity contribution in [1.29, 1.82) is 0 Å². The van der Waals surface area contributed by atoms with Crippen molar-refractivity contribution < 1.29 is 8.83 Å². The summed E-state index contributed by atoms with van der Waals surface area (Å²) in [5, 5.41) is 4.39. The van der Waals surface area contributed by atoms with Crippen molar-refractivity contribution in [2.75, 3.05) is 4.90 Å². The number of furan rings is 2. The SMILES string of the molecule is c1ccc(C2(c3ccc4c(c3)-c3cc(N(c5ccc6c(c5)oc5ccccc56)c5ccc6c(c5)oc5ccccc56)ccc3C4(c3ccccc3)c3ccccc3)c3ccccc3-c3ccccc32)cc1. The lowest BCUT2D eigenvalue weighted by Crippen LogP contribution is -2.30. The first-order valence-corrected chi connectivity index (χ1v) is 24.5. The minimum absolute atomic E-state index is 0.567. The minimum Gasteiger partial charge on any atom is -0.456 e. The van der Waals surface area contributed by atoms with Gasteiger partial charge in [0.15, 0.2) is 0 Å². The van der Waals surface area contributed by atoms with E-state index in [0.29, 0.717) is 0 Å². The van der Waals surface area contributed by atoms with Gasteiger partial charge in [-0.3, -0.25) is 0 Å². The van der Waals surface area contributed by atoms with Gasteiger partial charge in [0, 0.05) is 50.7 Å². The summed E-state index contributed by atoms with van der Waals surface area (Å²) in [6.45, 7) is 0. The molecule has 0 atom stereocenters. The zero-order valence-corrected chi connectivity index (χ0v) is 38.6. The van der Waals surface area contributed by atoms with Gasteiger partial charge in [-0.2, -0.15) is 0 Å². The Labute approximate surface area is 411 Å². The van der Waals surface area contributed by atoms with Crippen molar-refractivity contribution in [2.45, 2.75) is 10.8 Å². The van der Waals surface area contributed by atoms with Gasteiger partial charge in [0.25, 0.3) is 0 Å². The monoisotopic (exact) mass is 905 g/mol. The highest BCUT2D eigenvalue weighted by atomic mass is 16.3. The predicted molar refractivity (Wildman–Crippen MR) is 290 cm³/mol. The van der Waals surface area contributed by atoms with E-state index < -0.39 is 10.8 Å². The molecule has 0 radical (unpaired) electrons. The van der Waals surface area contributed by atoms with Gasteiger partial charge in [0.05, 0.1) is 10.8 Å². The van der Waals surface area contributed by atoms with E-state index in [9.17, 15) is 0 Å². The van der Waals surface area contributed by atoms with Crippen molar-refractivity contribution in [2.24, 2.45) is 0 Å². The fraction of sp³-hybridized carbons (Fsp3) is 0.0294. The molecule has 0 saturated heterocycles. The van der Waals surface area contributed by atoms with Crippen molar-refractivity contribution >= 4 is 60.9 Å². The largest absolute Gasteiger partial charge is 0.456 e. The van der Waals surface area contributed by atoms with Crippen LogP contribution in [0.4, 0.5) is 17.1 Å². The molecule has 2 aliphatic rings. The molecule has 3 heteroatoms. The van der Waals surface area contributed by atoms with Gasteiger partial charge >= 0.3 is 0 Å². The Morgan fingerprint density at radius 3 is 1.13 bits per heavy atom. The summed E-state index contributed by atoms with van der Waals surface area (Å²) in [6.07, 6.45) is 0. The zero-order chi connectivity index (χ0) is 46.7. The van der Waals surface area contributed by atoms with Crippen LogP contribution in [0.5, 0.6) is 0 Å². The highest BCUT2D eigenvalue weighted by Crippen LogP contribution is 2.61. The highest BCUT2D eigenvalue weighted by Gasteiger charge is 2.50. The molecule has 2 heterocycles. The van der Waals surface area contributed by atoms with Crippen molar-refractivity contribution in [3.8, 4) is 22.3 Å². The fourth-order valence-electron chi connectivity index (χ4n) is 12.7. The maximum absolute atomic E-state index is 6.58. The summed E-state index contributed by atoms with van der Waals surface area (Å²) in [7, 11) is 0. The van der Waals surface area contributed by atoms with Crippen molar-refractivity contribution in [3.05, 3.63) is 305 Å². The van der Waals surface area contributed by atoms with E-state index in [-0.39, 0.29) is 0 Å². The van der Waals surface area contributed by atoms with Crippen LogP contribution in [0.25, 0.3) is 66.1 Å². The topological polar surface area (TPSA) is 29.5 Å². The summed E-state index contributed by atoms with van der Waals surface area (Å²) >= 11 is 0. The molecule has 2 aliphatic carbocycles. The van der Waals surface area contributed by atoms with Gasteiger partial charge < -0.3 is 13.7 Å². The first-order chi connectivity index (χ1) is 35.2. The summed E-state index contributed by atoms with van der Waals surface area (Å²) in [5.74, 6) is 0. The first-order valence-electron chi connectivity index (χ1n) is 24.5. The Hall–Kier alpha value is -9.18. The van der Waals surface area contributed by atoms with Gasteiger partial charge in [-0.15, -0.1) is 0 Å². The van der Waals surface area contributed by atoms with E-state index in [0.717, 1.165) is 60.9 Å². The number of anilines is 3. The first kappa shape index (κ1) is 39.8. The third-order valence-electron chi connectivity index (χ3n) is 15.6. The molecule has 0 N–H and O–H groups in total. The van der Waals surface area contributed by atoms with E-state index in [1.54, 1.807) is 0 Å². The number of rotatable bonds is 7. The molecule has 0 amide bonds. The van der Waals surface area contributed by atoms with Crippen LogP contribution >= 0.6 is 0 Å².